The van der Waals surface area contributed by atoms with Crippen LogP contribution in [0.2, 0.25) is 0 Å². The number of benzene rings is 2. The number of imidazole rings is 1. The van der Waals surface area contributed by atoms with Gasteiger partial charge in [0.1, 0.15) is 11.5 Å². The van der Waals surface area contributed by atoms with E-state index in [1.165, 1.54) is 5.56 Å². The Kier molecular flexibility index (Phi) is 3.92. The van der Waals surface area contributed by atoms with E-state index in [1.807, 2.05) is 53.1 Å². The first-order chi connectivity index (χ1) is 15.3. The standard InChI is InChI=1S/C24H18N6O/c31-29-20-9-6-16-13-17(7-8-18(16)20)26-24-23(28-22-14-25-11-12-30(22)24)21-10-5-15-3-1-2-4-19(15)27-21/h1-5,7-8,10-14,26,31H,6,9H2/b29-20+. The summed E-state index contributed by atoms with van der Waals surface area (Å²) in [5.74, 6) is 0.828. The number of oxime groups is 1. The Balaban J connectivity index is 1.48. The smallest absolute Gasteiger partial charge is 0.157 e. The lowest BCUT2D eigenvalue weighted by Gasteiger charge is -2.10. The van der Waals surface area contributed by atoms with E-state index in [2.05, 4.69) is 27.6 Å². The summed E-state index contributed by atoms with van der Waals surface area (Å²) in [6.07, 6.45) is 6.98. The lowest BCUT2D eigenvalue weighted by Crippen LogP contribution is -1.99. The summed E-state index contributed by atoms with van der Waals surface area (Å²) < 4.78 is 1.98. The van der Waals surface area contributed by atoms with E-state index < -0.39 is 0 Å². The second-order valence-electron chi connectivity index (χ2n) is 7.55. The van der Waals surface area contributed by atoms with Crippen molar-refractivity contribution in [3.63, 3.8) is 0 Å². The van der Waals surface area contributed by atoms with Crippen molar-refractivity contribution in [2.24, 2.45) is 5.16 Å². The minimum absolute atomic E-state index is 0.739. The van der Waals surface area contributed by atoms with Crippen LogP contribution in [0.15, 0.2) is 78.3 Å². The van der Waals surface area contributed by atoms with Crippen LogP contribution in [0.25, 0.3) is 27.9 Å². The first kappa shape index (κ1) is 17.6. The van der Waals surface area contributed by atoms with Crippen molar-refractivity contribution in [1.82, 2.24) is 19.4 Å². The van der Waals surface area contributed by atoms with Crippen molar-refractivity contribution in [2.45, 2.75) is 12.8 Å². The number of nitrogens with zero attached hydrogens (tertiary/aromatic N) is 5. The number of hydrogen-bond donors (Lipinski definition) is 2. The van der Waals surface area contributed by atoms with E-state index in [9.17, 15) is 5.21 Å². The van der Waals surface area contributed by atoms with Crippen molar-refractivity contribution < 1.29 is 5.21 Å². The first-order valence-corrected chi connectivity index (χ1v) is 10.1. The minimum atomic E-state index is 0.739. The molecule has 5 aromatic rings. The van der Waals surface area contributed by atoms with Crippen LogP contribution in [0.3, 0.4) is 0 Å². The molecule has 3 heterocycles. The normalized spacial score (nSPS) is 14.4. The van der Waals surface area contributed by atoms with Crippen molar-refractivity contribution in [3.8, 4) is 11.4 Å². The molecule has 0 bridgehead atoms. The Bertz CT molecular complexity index is 1490. The average molecular weight is 406 g/mol. The molecule has 31 heavy (non-hydrogen) atoms. The van der Waals surface area contributed by atoms with Gasteiger partial charge in [0.05, 0.1) is 23.1 Å². The highest BCUT2D eigenvalue weighted by atomic mass is 16.4. The van der Waals surface area contributed by atoms with E-state index in [4.69, 9.17) is 9.97 Å². The van der Waals surface area contributed by atoms with Gasteiger partial charge in [-0.3, -0.25) is 9.38 Å². The van der Waals surface area contributed by atoms with Crippen LogP contribution in [0.4, 0.5) is 11.5 Å². The van der Waals surface area contributed by atoms with Crippen LogP contribution in [0, 0.1) is 0 Å². The average Bonchev–Trinajstić information content (AvgIpc) is 3.40. The van der Waals surface area contributed by atoms with Crippen LogP contribution in [0.1, 0.15) is 17.5 Å². The Morgan fingerprint density at radius 1 is 1.00 bits per heavy atom. The maximum Gasteiger partial charge on any atom is 0.157 e. The van der Waals surface area contributed by atoms with E-state index in [1.54, 1.807) is 12.4 Å². The zero-order valence-corrected chi connectivity index (χ0v) is 16.5. The number of hydrogen-bond acceptors (Lipinski definition) is 6. The third kappa shape index (κ3) is 2.90. The molecule has 7 heteroatoms. The summed E-state index contributed by atoms with van der Waals surface area (Å²) in [4.78, 5) is 13.9. The highest BCUT2D eigenvalue weighted by molar-refractivity contribution is 6.04. The number of fused-ring (bicyclic) bond motifs is 3. The van der Waals surface area contributed by atoms with Gasteiger partial charge < -0.3 is 10.5 Å². The molecular formula is C24H18N6O. The second-order valence-corrected chi connectivity index (χ2v) is 7.55. The van der Waals surface area contributed by atoms with E-state index in [0.717, 1.165) is 63.6 Å². The van der Waals surface area contributed by atoms with E-state index in [-0.39, 0.29) is 0 Å². The highest BCUT2D eigenvalue weighted by Gasteiger charge is 2.20. The molecule has 2 aromatic carbocycles. The molecule has 0 saturated carbocycles. The predicted molar refractivity (Wildman–Crippen MR) is 120 cm³/mol. The SMILES string of the molecule is O/N=C1\CCc2cc(Nc3c(-c4ccc5ccccc5n4)nc4cnccn34)ccc21. The Morgan fingerprint density at radius 2 is 1.94 bits per heavy atom. The third-order valence-electron chi connectivity index (χ3n) is 5.70. The van der Waals surface area contributed by atoms with Gasteiger partial charge in [0.2, 0.25) is 0 Å². The van der Waals surface area contributed by atoms with Gasteiger partial charge in [-0.15, -0.1) is 0 Å². The number of para-hydroxylation sites is 1. The maximum atomic E-state index is 9.19. The number of nitrogens with one attached hydrogen (secondary N) is 1. The summed E-state index contributed by atoms with van der Waals surface area (Å²) in [6, 6.07) is 18.2. The number of rotatable bonds is 3. The van der Waals surface area contributed by atoms with Crippen molar-refractivity contribution in [3.05, 3.63) is 84.3 Å². The van der Waals surface area contributed by atoms with Gasteiger partial charge in [-0.25, -0.2) is 9.97 Å². The largest absolute Gasteiger partial charge is 0.411 e. The number of anilines is 2. The van der Waals surface area contributed by atoms with Crippen LogP contribution in [-0.4, -0.2) is 30.3 Å². The molecule has 1 aliphatic rings. The fraction of sp³-hybridized carbons (Fsp3) is 0.0833. The molecule has 0 unspecified atom stereocenters. The molecule has 0 atom stereocenters. The van der Waals surface area contributed by atoms with Gasteiger partial charge in [-0.05, 0) is 42.7 Å². The molecule has 6 rings (SSSR count). The van der Waals surface area contributed by atoms with Gasteiger partial charge >= 0.3 is 0 Å². The molecule has 7 nitrogen and oxygen atoms in total. The highest BCUT2D eigenvalue weighted by Crippen LogP contribution is 2.33. The van der Waals surface area contributed by atoms with Crippen molar-refractivity contribution in [1.29, 1.82) is 0 Å². The second kappa shape index (κ2) is 6.91. The van der Waals surface area contributed by atoms with Gasteiger partial charge in [0.25, 0.3) is 0 Å². The van der Waals surface area contributed by atoms with Crippen LogP contribution in [0.5, 0.6) is 0 Å². The third-order valence-corrected chi connectivity index (χ3v) is 5.70. The number of aromatic nitrogens is 4. The summed E-state index contributed by atoms with van der Waals surface area (Å²) in [6.45, 7) is 0. The zero-order valence-electron chi connectivity index (χ0n) is 16.5. The molecule has 0 amide bonds. The zero-order chi connectivity index (χ0) is 20.8. The van der Waals surface area contributed by atoms with Crippen LogP contribution < -0.4 is 5.32 Å². The van der Waals surface area contributed by atoms with Crippen molar-refractivity contribution in [2.75, 3.05) is 5.32 Å². The number of aryl methyl sites for hydroxylation is 1. The Hall–Kier alpha value is -4.26. The molecule has 150 valence electrons. The molecule has 0 radical (unpaired) electrons. The van der Waals surface area contributed by atoms with Gasteiger partial charge in [-0.2, -0.15) is 0 Å². The predicted octanol–water partition coefficient (Wildman–Crippen LogP) is 4.81. The van der Waals surface area contributed by atoms with Crippen LogP contribution >= 0.6 is 0 Å². The summed E-state index contributed by atoms with van der Waals surface area (Å²) in [7, 11) is 0. The van der Waals surface area contributed by atoms with Gasteiger partial charge in [0.15, 0.2) is 5.65 Å². The first-order valence-electron chi connectivity index (χ1n) is 10.1. The van der Waals surface area contributed by atoms with Crippen LogP contribution in [-0.2, 0) is 6.42 Å². The Morgan fingerprint density at radius 3 is 2.87 bits per heavy atom. The molecule has 3 aromatic heterocycles. The maximum absolute atomic E-state index is 9.19. The van der Waals surface area contributed by atoms with Gasteiger partial charge in [-0.1, -0.05) is 35.5 Å². The van der Waals surface area contributed by atoms with E-state index >= 15 is 0 Å². The Labute approximate surface area is 177 Å². The minimum Gasteiger partial charge on any atom is -0.411 e. The fourth-order valence-electron chi connectivity index (χ4n) is 4.19. The molecule has 0 fully saturated rings. The summed E-state index contributed by atoms with van der Waals surface area (Å²) in [5, 5.41) is 17.2. The molecule has 1 aliphatic carbocycles. The quantitative estimate of drug-likeness (QED) is 0.332. The fourth-order valence-corrected chi connectivity index (χ4v) is 4.19. The lowest BCUT2D eigenvalue weighted by molar-refractivity contribution is 0.318. The molecular weight excluding hydrogens is 388 g/mol. The molecule has 0 spiro atoms. The molecule has 0 aliphatic heterocycles. The van der Waals surface area contributed by atoms with Gasteiger partial charge in [0, 0.05) is 29.0 Å². The molecule has 2 N–H and O–H groups in total. The van der Waals surface area contributed by atoms with Crippen molar-refractivity contribution >= 4 is 33.8 Å². The topological polar surface area (TPSA) is 87.7 Å². The lowest BCUT2D eigenvalue weighted by atomic mass is 10.1. The summed E-state index contributed by atoms with van der Waals surface area (Å²) >= 11 is 0. The number of pyridine rings is 1. The molecule has 0 saturated heterocycles. The monoisotopic (exact) mass is 406 g/mol. The summed E-state index contributed by atoms with van der Waals surface area (Å²) in [5.41, 5.74) is 7.07. The van der Waals surface area contributed by atoms with E-state index in [0.29, 0.717) is 0 Å².